The minimum atomic E-state index is -3.81. The van der Waals surface area contributed by atoms with Crippen LogP contribution in [0.25, 0.3) is 0 Å². The number of aromatic nitrogens is 4. The Balaban J connectivity index is 2.07. The Bertz CT molecular complexity index is 907. The van der Waals surface area contributed by atoms with Crippen LogP contribution in [0.3, 0.4) is 0 Å². The molecule has 0 unspecified atom stereocenters. The molecule has 0 spiro atoms. The van der Waals surface area contributed by atoms with E-state index >= 15 is 0 Å². The molecule has 0 bridgehead atoms. The summed E-state index contributed by atoms with van der Waals surface area (Å²) in [5, 5.41) is 8.29. The summed E-state index contributed by atoms with van der Waals surface area (Å²) in [7, 11) is -3.81. The predicted octanol–water partition coefficient (Wildman–Crippen LogP) is 1.97. The van der Waals surface area contributed by atoms with Crippen LogP contribution in [0.1, 0.15) is 54.4 Å². The quantitative estimate of drug-likeness (QED) is 0.792. The normalized spacial score (nSPS) is 16.1. The van der Waals surface area contributed by atoms with Crippen molar-refractivity contribution in [3.8, 4) is 0 Å². The lowest BCUT2D eigenvalue weighted by molar-refractivity contribution is 0.0938. The highest BCUT2D eigenvalue weighted by Gasteiger charge is 2.34. The Labute approximate surface area is 153 Å². The first-order valence-electron chi connectivity index (χ1n) is 9.00. The third-order valence-electron chi connectivity index (χ3n) is 4.51. The van der Waals surface area contributed by atoms with E-state index in [0.717, 1.165) is 25.7 Å². The number of nitrogens with zero attached hydrogens (tertiary/aromatic N) is 5. The Morgan fingerprint density at radius 3 is 2.42 bits per heavy atom. The molecule has 2 aromatic heterocycles. The summed E-state index contributed by atoms with van der Waals surface area (Å²) in [6.07, 6.45) is 5.00. The Kier molecular flexibility index (Phi) is 5.29. The van der Waals surface area contributed by atoms with Crippen molar-refractivity contribution in [1.82, 2.24) is 23.9 Å². The van der Waals surface area contributed by atoms with Crippen LogP contribution < -0.4 is 0 Å². The fourth-order valence-electron chi connectivity index (χ4n) is 3.26. The van der Waals surface area contributed by atoms with Crippen molar-refractivity contribution >= 4 is 15.9 Å². The zero-order valence-corrected chi connectivity index (χ0v) is 16.3. The van der Waals surface area contributed by atoms with Gasteiger partial charge in [-0.25, -0.2) is 13.1 Å². The number of piperidine rings is 1. The maximum atomic E-state index is 13.1. The Morgan fingerprint density at radius 2 is 1.85 bits per heavy atom. The van der Waals surface area contributed by atoms with Gasteiger partial charge < -0.3 is 0 Å². The van der Waals surface area contributed by atoms with E-state index in [1.54, 1.807) is 19.9 Å². The minimum Gasteiger partial charge on any atom is -0.271 e. The number of sulfonamides is 1. The van der Waals surface area contributed by atoms with Gasteiger partial charge in [-0.3, -0.25) is 9.48 Å². The SMILES string of the molecule is CCCn1cc(C(=O)n2nc(C)cc2C)c(S(=O)(=O)N2CCCCC2)n1. The molecule has 3 heterocycles. The summed E-state index contributed by atoms with van der Waals surface area (Å²) in [6, 6.07) is 1.78. The lowest BCUT2D eigenvalue weighted by atomic mass is 10.2. The van der Waals surface area contributed by atoms with Crippen molar-refractivity contribution in [2.75, 3.05) is 13.1 Å². The second kappa shape index (κ2) is 7.32. The first-order valence-corrected chi connectivity index (χ1v) is 10.4. The van der Waals surface area contributed by atoms with E-state index in [4.69, 9.17) is 0 Å². The number of rotatable bonds is 5. The zero-order chi connectivity index (χ0) is 18.9. The van der Waals surface area contributed by atoms with Gasteiger partial charge in [0.2, 0.25) is 5.03 Å². The van der Waals surface area contributed by atoms with Crippen molar-refractivity contribution in [2.45, 2.75) is 58.0 Å². The maximum Gasteiger partial charge on any atom is 0.283 e. The van der Waals surface area contributed by atoms with E-state index in [0.29, 0.717) is 31.0 Å². The van der Waals surface area contributed by atoms with Crippen molar-refractivity contribution in [2.24, 2.45) is 0 Å². The molecule has 142 valence electrons. The monoisotopic (exact) mass is 379 g/mol. The van der Waals surface area contributed by atoms with Crippen LogP contribution in [0.2, 0.25) is 0 Å². The Morgan fingerprint density at radius 1 is 1.15 bits per heavy atom. The van der Waals surface area contributed by atoms with Crippen LogP contribution in [0, 0.1) is 13.8 Å². The van der Waals surface area contributed by atoms with E-state index in [1.165, 1.54) is 19.9 Å². The summed E-state index contributed by atoms with van der Waals surface area (Å²) in [5.41, 5.74) is 1.45. The molecule has 0 N–H and O–H groups in total. The number of hydrogen-bond acceptors (Lipinski definition) is 5. The van der Waals surface area contributed by atoms with Gasteiger partial charge in [-0.15, -0.1) is 0 Å². The van der Waals surface area contributed by atoms with Crippen LogP contribution in [0.15, 0.2) is 17.3 Å². The molecule has 0 amide bonds. The molecule has 9 heteroatoms. The van der Waals surface area contributed by atoms with Gasteiger partial charge in [0.1, 0.15) is 5.56 Å². The molecule has 1 saturated heterocycles. The van der Waals surface area contributed by atoms with Gasteiger partial charge in [0, 0.05) is 31.5 Å². The second-order valence-corrected chi connectivity index (χ2v) is 8.57. The number of carbonyl (C=O) groups excluding carboxylic acids is 1. The van der Waals surface area contributed by atoms with E-state index in [9.17, 15) is 13.2 Å². The van der Waals surface area contributed by atoms with E-state index in [1.807, 2.05) is 6.92 Å². The zero-order valence-electron chi connectivity index (χ0n) is 15.5. The summed E-state index contributed by atoms with van der Waals surface area (Å²) < 4.78 is 30.5. The Hall–Kier alpha value is -2.00. The summed E-state index contributed by atoms with van der Waals surface area (Å²) in [6.45, 7) is 7.03. The number of aryl methyl sites for hydroxylation is 3. The van der Waals surface area contributed by atoms with Crippen molar-refractivity contribution < 1.29 is 13.2 Å². The van der Waals surface area contributed by atoms with Crippen molar-refractivity contribution in [3.05, 3.63) is 29.2 Å². The molecule has 1 aliphatic rings. The molecule has 1 fully saturated rings. The van der Waals surface area contributed by atoms with Gasteiger partial charge >= 0.3 is 0 Å². The lowest BCUT2D eigenvalue weighted by Gasteiger charge is -2.25. The lowest BCUT2D eigenvalue weighted by Crippen LogP contribution is -2.36. The average molecular weight is 379 g/mol. The molecule has 26 heavy (non-hydrogen) atoms. The van der Waals surface area contributed by atoms with Crippen LogP contribution in [0.5, 0.6) is 0 Å². The fraction of sp³-hybridized carbons (Fsp3) is 0.588. The maximum absolute atomic E-state index is 13.1. The van der Waals surface area contributed by atoms with Crippen LogP contribution in [-0.4, -0.2) is 51.3 Å². The molecule has 0 aliphatic carbocycles. The molecule has 3 rings (SSSR count). The predicted molar refractivity (Wildman–Crippen MR) is 96.6 cm³/mol. The number of hydrogen-bond donors (Lipinski definition) is 0. The van der Waals surface area contributed by atoms with Gasteiger partial charge in [0.05, 0.1) is 5.69 Å². The summed E-state index contributed by atoms with van der Waals surface area (Å²) in [5.74, 6) is -0.464. The molecule has 8 nitrogen and oxygen atoms in total. The van der Waals surface area contributed by atoms with E-state index in [-0.39, 0.29) is 10.6 Å². The van der Waals surface area contributed by atoms with Gasteiger partial charge in [0.15, 0.2) is 0 Å². The smallest absolute Gasteiger partial charge is 0.271 e. The van der Waals surface area contributed by atoms with Crippen LogP contribution in [0.4, 0.5) is 0 Å². The molecule has 0 saturated carbocycles. The largest absolute Gasteiger partial charge is 0.283 e. The van der Waals surface area contributed by atoms with Crippen molar-refractivity contribution in [3.63, 3.8) is 0 Å². The topological polar surface area (TPSA) is 90.1 Å². The second-order valence-electron chi connectivity index (χ2n) is 6.72. The summed E-state index contributed by atoms with van der Waals surface area (Å²) >= 11 is 0. The van der Waals surface area contributed by atoms with Crippen molar-refractivity contribution in [1.29, 1.82) is 0 Å². The third-order valence-corrected chi connectivity index (χ3v) is 6.35. The van der Waals surface area contributed by atoms with Gasteiger partial charge in [-0.05, 0) is 39.2 Å². The highest BCUT2D eigenvalue weighted by molar-refractivity contribution is 7.89. The molecular weight excluding hydrogens is 354 g/mol. The highest BCUT2D eigenvalue weighted by Crippen LogP contribution is 2.23. The van der Waals surface area contributed by atoms with E-state index < -0.39 is 15.9 Å². The molecular formula is C17H25N5O3S. The minimum absolute atomic E-state index is 0.0789. The van der Waals surface area contributed by atoms with Gasteiger partial charge in [-0.1, -0.05) is 13.3 Å². The molecule has 0 atom stereocenters. The number of carbonyl (C=O) groups is 1. The first-order chi connectivity index (χ1) is 12.3. The van der Waals surface area contributed by atoms with Gasteiger partial charge in [-0.2, -0.15) is 14.5 Å². The molecule has 1 aliphatic heterocycles. The molecule has 2 aromatic rings. The fourth-order valence-corrected chi connectivity index (χ4v) is 4.87. The van der Waals surface area contributed by atoms with Crippen LogP contribution in [-0.2, 0) is 16.6 Å². The molecule has 0 radical (unpaired) electrons. The third kappa shape index (κ3) is 3.45. The standard InChI is InChI=1S/C17H25N5O3S/c1-4-8-20-12-15(17(23)22-14(3)11-13(2)18-22)16(19-20)26(24,25)21-9-6-5-7-10-21/h11-12H,4-10H2,1-3H3. The average Bonchev–Trinajstić information content (AvgIpc) is 3.19. The molecule has 0 aromatic carbocycles. The van der Waals surface area contributed by atoms with Gasteiger partial charge in [0.25, 0.3) is 15.9 Å². The highest BCUT2D eigenvalue weighted by atomic mass is 32.2. The summed E-state index contributed by atoms with van der Waals surface area (Å²) in [4.78, 5) is 13.0. The first kappa shape index (κ1) is 18.8. The van der Waals surface area contributed by atoms with E-state index in [2.05, 4.69) is 10.2 Å². The van der Waals surface area contributed by atoms with Crippen LogP contribution >= 0.6 is 0 Å².